The van der Waals surface area contributed by atoms with E-state index in [1.807, 2.05) is 53.4 Å². The molecule has 1 aliphatic heterocycles. The molecule has 0 radical (unpaired) electrons. The lowest BCUT2D eigenvalue weighted by Gasteiger charge is -2.20. The number of para-hydroxylation sites is 1. The highest BCUT2D eigenvalue weighted by Gasteiger charge is 2.24. The molecule has 0 unspecified atom stereocenters. The fourth-order valence-electron chi connectivity index (χ4n) is 3.28. The summed E-state index contributed by atoms with van der Waals surface area (Å²) in [6.45, 7) is 1.63. The van der Waals surface area contributed by atoms with Gasteiger partial charge in [0.05, 0.1) is 12.0 Å². The third kappa shape index (κ3) is 3.22. The van der Waals surface area contributed by atoms with Crippen molar-refractivity contribution < 1.29 is 9.21 Å². The summed E-state index contributed by atoms with van der Waals surface area (Å²) in [6.07, 6.45) is 6.14. The zero-order valence-electron chi connectivity index (χ0n) is 14.1. The molecule has 0 saturated carbocycles. The van der Waals surface area contributed by atoms with E-state index in [0.717, 1.165) is 31.6 Å². The van der Waals surface area contributed by atoms with Crippen LogP contribution in [-0.2, 0) is 0 Å². The molecule has 0 spiro atoms. The van der Waals surface area contributed by atoms with Crippen molar-refractivity contribution in [1.29, 1.82) is 0 Å². The first-order valence-corrected chi connectivity index (χ1v) is 8.81. The number of benzene rings is 1. The minimum Gasteiger partial charge on any atom is -0.463 e. The van der Waals surface area contributed by atoms with Crippen molar-refractivity contribution in [2.75, 3.05) is 13.1 Å². The number of carbonyl (C=O) groups excluding carboxylic acids is 1. The van der Waals surface area contributed by atoms with Gasteiger partial charge in [0, 0.05) is 19.2 Å². The minimum absolute atomic E-state index is 0.0380. The van der Waals surface area contributed by atoms with Gasteiger partial charge in [-0.15, -0.1) is 0 Å². The zero-order valence-corrected chi connectivity index (χ0v) is 14.1. The van der Waals surface area contributed by atoms with E-state index in [1.165, 1.54) is 12.8 Å². The molecule has 3 aromatic rings. The lowest BCUT2D eigenvalue weighted by molar-refractivity contribution is 0.0752. The number of hydrogen-bond acceptors (Lipinski definition) is 3. The summed E-state index contributed by atoms with van der Waals surface area (Å²) >= 11 is 0. The molecule has 1 aliphatic rings. The first-order chi connectivity index (χ1) is 12.3. The average Bonchev–Trinajstić information content (AvgIpc) is 3.26. The van der Waals surface area contributed by atoms with Crippen LogP contribution in [0.3, 0.4) is 0 Å². The van der Waals surface area contributed by atoms with Crippen LogP contribution < -0.4 is 0 Å². The Kier molecular flexibility index (Phi) is 4.37. The molecule has 0 bridgehead atoms. The standard InChI is InChI=1S/C20H21N3O2/c24-20(22-12-6-1-2-7-13-22)18-15-17(19-11-8-14-25-19)21-23(18)16-9-4-3-5-10-16/h3-5,8-11,14-15H,1-2,6-7,12-13H2. The number of rotatable bonds is 3. The number of furan rings is 1. The number of likely N-dealkylation sites (tertiary alicyclic amines) is 1. The fourth-order valence-corrected chi connectivity index (χ4v) is 3.28. The largest absolute Gasteiger partial charge is 0.463 e. The summed E-state index contributed by atoms with van der Waals surface area (Å²) in [6, 6.07) is 15.3. The Hall–Kier alpha value is -2.82. The van der Waals surface area contributed by atoms with Gasteiger partial charge in [0.1, 0.15) is 11.4 Å². The van der Waals surface area contributed by atoms with Gasteiger partial charge in [-0.3, -0.25) is 4.79 Å². The van der Waals surface area contributed by atoms with Gasteiger partial charge in [0.15, 0.2) is 5.76 Å². The molecule has 0 aliphatic carbocycles. The molecule has 2 aromatic heterocycles. The van der Waals surface area contributed by atoms with Gasteiger partial charge >= 0.3 is 0 Å². The highest BCUT2D eigenvalue weighted by molar-refractivity contribution is 5.94. The number of hydrogen-bond donors (Lipinski definition) is 0. The maximum absolute atomic E-state index is 13.2. The van der Waals surface area contributed by atoms with Crippen LogP contribution in [-0.4, -0.2) is 33.7 Å². The molecule has 5 heteroatoms. The maximum Gasteiger partial charge on any atom is 0.272 e. The highest BCUT2D eigenvalue weighted by Crippen LogP contribution is 2.24. The topological polar surface area (TPSA) is 51.3 Å². The van der Waals surface area contributed by atoms with E-state index in [0.29, 0.717) is 17.1 Å². The van der Waals surface area contributed by atoms with Gasteiger partial charge in [-0.25, -0.2) is 4.68 Å². The van der Waals surface area contributed by atoms with E-state index in [9.17, 15) is 4.79 Å². The zero-order chi connectivity index (χ0) is 17.1. The summed E-state index contributed by atoms with van der Waals surface area (Å²) in [5.74, 6) is 0.704. The smallest absolute Gasteiger partial charge is 0.272 e. The van der Waals surface area contributed by atoms with Gasteiger partial charge in [0.25, 0.3) is 5.91 Å². The van der Waals surface area contributed by atoms with Crippen molar-refractivity contribution in [2.24, 2.45) is 0 Å². The van der Waals surface area contributed by atoms with Crippen molar-refractivity contribution in [3.8, 4) is 17.1 Å². The molecule has 5 nitrogen and oxygen atoms in total. The number of aromatic nitrogens is 2. The number of nitrogens with zero attached hydrogens (tertiary/aromatic N) is 3. The van der Waals surface area contributed by atoms with E-state index in [-0.39, 0.29) is 5.91 Å². The molecule has 128 valence electrons. The SMILES string of the molecule is O=C(c1cc(-c2ccco2)nn1-c1ccccc1)N1CCCCCC1. The molecular weight excluding hydrogens is 314 g/mol. The van der Waals surface area contributed by atoms with E-state index >= 15 is 0 Å². The predicted octanol–water partition coefficient (Wildman–Crippen LogP) is 4.15. The first kappa shape index (κ1) is 15.7. The average molecular weight is 335 g/mol. The van der Waals surface area contributed by atoms with Crippen LogP contribution in [0.2, 0.25) is 0 Å². The van der Waals surface area contributed by atoms with Crippen LogP contribution in [0.5, 0.6) is 0 Å². The summed E-state index contributed by atoms with van der Waals surface area (Å²) in [7, 11) is 0. The monoisotopic (exact) mass is 335 g/mol. The Bertz CT molecular complexity index is 829. The maximum atomic E-state index is 13.2. The second-order valence-electron chi connectivity index (χ2n) is 6.35. The Morgan fingerprint density at radius 1 is 0.960 bits per heavy atom. The minimum atomic E-state index is 0.0380. The van der Waals surface area contributed by atoms with Crippen LogP contribution in [0.4, 0.5) is 0 Å². The summed E-state index contributed by atoms with van der Waals surface area (Å²) in [5.41, 5.74) is 2.13. The van der Waals surface area contributed by atoms with Crippen molar-refractivity contribution in [1.82, 2.24) is 14.7 Å². The van der Waals surface area contributed by atoms with E-state index in [4.69, 9.17) is 4.42 Å². The lowest BCUT2D eigenvalue weighted by Crippen LogP contribution is -2.33. The quantitative estimate of drug-likeness (QED) is 0.722. The lowest BCUT2D eigenvalue weighted by atomic mass is 10.2. The predicted molar refractivity (Wildman–Crippen MR) is 95.6 cm³/mol. The normalized spacial score (nSPS) is 15.1. The molecule has 4 rings (SSSR count). The van der Waals surface area contributed by atoms with Crippen molar-refractivity contribution >= 4 is 5.91 Å². The van der Waals surface area contributed by atoms with Crippen LogP contribution >= 0.6 is 0 Å². The molecule has 1 saturated heterocycles. The number of carbonyl (C=O) groups is 1. The molecule has 3 heterocycles. The van der Waals surface area contributed by atoms with Crippen molar-refractivity contribution in [2.45, 2.75) is 25.7 Å². The first-order valence-electron chi connectivity index (χ1n) is 8.81. The molecule has 0 N–H and O–H groups in total. The van der Waals surface area contributed by atoms with E-state index in [2.05, 4.69) is 5.10 Å². The van der Waals surface area contributed by atoms with Crippen LogP contribution in [0.15, 0.2) is 59.2 Å². The third-order valence-corrected chi connectivity index (χ3v) is 4.60. The molecule has 1 aromatic carbocycles. The van der Waals surface area contributed by atoms with Gasteiger partial charge in [-0.05, 0) is 37.1 Å². The van der Waals surface area contributed by atoms with Gasteiger partial charge in [0.2, 0.25) is 0 Å². The molecule has 0 atom stereocenters. The van der Waals surface area contributed by atoms with Gasteiger partial charge < -0.3 is 9.32 Å². The van der Waals surface area contributed by atoms with Gasteiger partial charge in [-0.2, -0.15) is 5.10 Å². The third-order valence-electron chi connectivity index (χ3n) is 4.60. The summed E-state index contributed by atoms with van der Waals surface area (Å²) < 4.78 is 7.20. The molecular formula is C20H21N3O2. The molecule has 25 heavy (non-hydrogen) atoms. The fraction of sp³-hybridized carbons (Fsp3) is 0.300. The number of amides is 1. The Morgan fingerprint density at radius 2 is 1.72 bits per heavy atom. The highest BCUT2D eigenvalue weighted by atomic mass is 16.3. The van der Waals surface area contributed by atoms with Gasteiger partial charge in [-0.1, -0.05) is 31.0 Å². The second-order valence-corrected chi connectivity index (χ2v) is 6.35. The van der Waals surface area contributed by atoms with Crippen molar-refractivity contribution in [3.63, 3.8) is 0 Å². The summed E-state index contributed by atoms with van der Waals surface area (Å²) in [4.78, 5) is 15.1. The van der Waals surface area contributed by atoms with Crippen LogP contribution in [0.1, 0.15) is 36.2 Å². The summed E-state index contributed by atoms with van der Waals surface area (Å²) in [5, 5.41) is 4.64. The van der Waals surface area contributed by atoms with Crippen LogP contribution in [0.25, 0.3) is 17.1 Å². The van der Waals surface area contributed by atoms with E-state index in [1.54, 1.807) is 10.9 Å². The van der Waals surface area contributed by atoms with Crippen molar-refractivity contribution in [3.05, 3.63) is 60.5 Å². The second kappa shape index (κ2) is 6.97. The van der Waals surface area contributed by atoms with Crippen LogP contribution in [0, 0.1) is 0 Å². The Labute approximate surface area is 146 Å². The molecule has 1 fully saturated rings. The molecule has 1 amide bonds. The Balaban J connectivity index is 1.75. The van der Waals surface area contributed by atoms with E-state index < -0.39 is 0 Å². The Morgan fingerprint density at radius 3 is 2.40 bits per heavy atom.